The highest BCUT2D eigenvalue weighted by Crippen LogP contribution is 2.19. The molecule has 0 spiro atoms. The highest BCUT2D eigenvalue weighted by molar-refractivity contribution is 7.15. The molecule has 1 aliphatic rings. The average Bonchev–Trinajstić information content (AvgIpc) is 3.04. The third-order valence-electron chi connectivity index (χ3n) is 3.61. The molecule has 1 N–H and O–H groups in total. The molecule has 1 aromatic heterocycles. The second-order valence-corrected chi connectivity index (χ2v) is 6.45. The van der Waals surface area contributed by atoms with Gasteiger partial charge in [-0.2, -0.15) is 0 Å². The third kappa shape index (κ3) is 3.43. The lowest BCUT2D eigenvalue weighted by atomic mass is 10.2. The average molecular weight is 295 g/mol. The lowest BCUT2D eigenvalue weighted by molar-refractivity contribution is 0.0938. The van der Waals surface area contributed by atoms with Crippen molar-refractivity contribution in [2.75, 3.05) is 13.1 Å². The summed E-state index contributed by atoms with van der Waals surface area (Å²) in [5.74, 6) is -0.235. The number of ketones is 1. The minimum Gasteiger partial charge on any atom is -0.350 e. The molecule has 1 unspecified atom stereocenters. The molecule has 0 saturated carbocycles. The van der Waals surface area contributed by atoms with E-state index in [-0.39, 0.29) is 11.7 Å². The van der Waals surface area contributed by atoms with Crippen LogP contribution in [0.5, 0.6) is 0 Å². The largest absolute Gasteiger partial charge is 0.350 e. The van der Waals surface area contributed by atoms with Crippen LogP contribution in [-0.2, 0) is 0 Å². The van der Waals surface area contributed by atoms with Crippen LogP contribution >= 0.6 is 11.3 Å². The van der Waals surface area contributed by atoms with E-state index in [9.17, 15) is 9.59 Å². The van der Waals surface area contributed by atoms with Gasteiger partial charge in [-0.15, -0.1) is 11.3 Å². The van der Waals surface area contributed by atoms with Crippen LogP contribution in [0.3, 0.4) is 0 Å². The van der Waals surface area contributed by atoms with E-state index >= 15 is 0 Å². The first kappa shape index (κ1) is 15.1. The van der Waals surface area contributed by atoms with E-state index in [1.807, 2.05) is 0 Å². The topological polar surface area (TPSA) is 62.3 Å². The molecule has 1 amide bonds. The van der Waals surface area contributed by atoms with Gasteiger partial charge in [-0.1, -0.05) is 0 Å². The zero-order valence-electron chi connectivity index (χ0n) is 12.2. The Labute approximate surface area is 123 Å². The maximum atomic E-state index is 12.0. The van der Waals surface area contributed by atoms with Gasteiger partial charge < -0.3 is 5.32 Å². The smallest absolute Gasteiger partial charge is 0.263 e. The molecule has 0 radical (unpaired) electrons. The first-order valence-electron chi connectivity index (χ1n) is 6.99. The van der Waals surface area contributed by atoms with Gasteiger partial charge in [0.05, 0.1) is 6.20 Å². The Hall–Kier alpha value is -1.27. The number of carbonyl (C=O) groups excluding carboxylic acids is 2. The molecule has 0 aromatic carbocycles. The van der Waals surface area contributed by atoms with Crippen molar-refractivity contribution in [3.63, 3.8) is 0 Å². The van der Waals surface area contributed by atoms with Gasteiger partial charge in [0.15, 0.2) is 10.8 Å². The molecule has 110 valence electrons. The summed E-state index contributed by atoms with van der Waals surface area (Å²) in [5, 5.41) is 3.35. The van der Waals surface area contributed by atoms with Crippen LogP contribution in [0.15, 0.2) is 6.20 Å². The van der Waals surface area contributed by atoms with Crippen molar-refractivity contribution in [3.05, 3.63) is 16.1 Å². The minimum atomic E-state index is -0.134. The fourth-order valence-electron chi connectivity index (χ4n) is 2.60. The number of rotatable bonds is 5. The molecule has 1 atom stereocenters. The van der Waals surface area contributed by atoms with Crippen LogP contribution in [0, 0.1) is 0 Å². The summed E-state index contributed by atoms with van der Waals surface area (Å²) in [6.07, 6.45) is 3.79. The van der Waals surface area contributed by atoms with Crippen LogP contribution in [0.25, 0.3) is 0 Å². The quantitative estimate of drug-likeness (QED) is 0.843. The Kier molecular flexibility index (Phi) is 4.88. The van der Waals surface area contributed by atoms with Gasteiger partial charge in [-0.05, 0) is 33.2 Å². The van der Waals surface area contributed by atoms with Gasteiger partial charge >= 0.3 is 0 Å². The number of nitrogens with one attached hydrogen (secondary N) is 1. The third-order valence-corrected chi connectivity index (χ3v) is 4.71. The molecule has 6 heteroatoms. The molecule has 2 rings (SSSR count). The van der Waals surface area contributed by atoms with E-state index < -0.39 is 0 Å². The highest BCUT2D eigenvalue weighted by atomic mass is 32.1. The summed E-state index contributed by atoms with van der Waals surface area (Å²) in [4.78, 5) is 30.1. The van der Waals surface area contributed by atoms with E-state index in [4.69, 9.17) is 0 Å². The molecule has 1 aromatic rings. The van der Waals surface area contributed by atoms with Crippen LogP contribution in [-0.4, -0.2) is 46.7 Å². The molecular formula is C14H21N3O2S. The standard InChI is InChI=1S/C14H21N3O2S/c1-9(2)17-6-4-5-11(17)7-15-13(19)12-8-16-14(20-12)10(3)18/h8-9,11H,4-7H2,1-3H3,(H,15,19). The summed E-state index contributed by atoms with van der Waals surface area (Å²) in [7, 11) is 0. The Morgan fingerprint density at radius 1 is 1.55 bits per heavy atom. The normalized spacial score (nSPS) is 19.5. The summed E-state index contributed by atoms with van der Waals surface area (Å²) < 4.78 is 0. The first-order chi connectivity index (χ1) is 9.49. The maximum absolute atomic E-state index is 12.0. The second-order valence-electron chi connectivity index (χ2n) is 5.42. The number of hydrogen-bond donors (Lipinski definition) is 1. The van der Waals surface area contributed by atoms with E-state index in [1.165, 1.54) is 19.5 Å². The first-order valence-corrected chi connectivity index (χ1v) is 7.81. The Morgan fingerprint density at radius 3 is 2.90 bits per heavy atom. The molecule has 0 aliphatic carbocycles. The number of nitrogens with zero attached hydrogens (tertiary/aromatic N) is 2. The fraction of sp³-hybridized carbons (Fsp3) is 0.643. The van der Waals surface area contributed by atoms with E-state index in [0.717, 1.165) is 24.3 Å². The number of amides is 1. The highest BCUT2D eigenvalue weighted by Gasteiger charge is 2.26. The second kappa shape index (κ2) is 6.45. The van der Waals surface area contributed by atoms with Gasteiger partial charge in [-0.25, -0.2) is 4.98 Å². The van der Waals surface area contributed by atoms with Crippen LogP contribution in [0.4, 0.5) is 0 Å². The molecule has 1 fully saturated rings. The molecule has 20 heavy (non-hydrogen) atoms. The monoisotopic (exact) mass is 295 g/mol. The molecule has 2 heterocycles. The van der Waals surface area contributed by atoms with E-state index in [0.29, 0.717) is 28.5 Å². The van der Waals surface area contributed by atoms with Crippen molar-refractivity contribution in [1.29, 1.82) is 0 Å². The predicted octanol–water partition coefficient (Wildman–Crippen LogP) is 1.95. The molecule has 1 saturated heterocycles. The zero-order chi connectivity index (χ0) is 14.7. The zero-order valence-corrected chi connectivity index (χ0v) is 13.0. The number of carbonyl (C=O) groups is 2. The number of likely N-dealkylation sites (tertiary alicyclic amines) is 1. The van der Waals surface area contributed by atoms with Gasteiger partial charge in [0, 0.05) is 25.6 Å². The summed E-state index contributed by atoms with van der Waals surface area (Å²) >= 11 is 1.15. The van der Waals surface area contributed by atoms with Gasteiger partial charge in [0.25, 0.3) is 5.91 Å². The van der Waals surface area contributed by atoms with Crippen molar-refractivity contribution in [2.45, 2.75) is 45.7 Å². The maximum Gasteiger partial charge on any atom is 0.263 e. The van der Waals surface area contributed by atoms with Gasteiger partial charge in [0.1, 0.15) is 4.88 Å². The van der Waals surface area contributed by atoms with Crippen molar-refractivity contribution in [1.82, 2.24) is 15.2 Å². The SMILES string of the molecule is CC(=O)c1ncc(C(=O)NCC2CCCN2C(C)C)s1. The van der Waals surface area contributed by atoms with E-state index in [2.05, 4.69) is 29.0 Å². The summed E-state index contributed by atoms with van der Waals surface area (Å²) in [5.41, 5.74) is 0. The van der Waals surface area contributed by atoms with Crippen LogP contribution in [0.2, 0.25) is 0 Å². The van der Waals surface area contributed by atoms with Crippen molar-refractivity contribution < 1.29 is 9.59 Å². The molecule has 5 nitrogen and oxygen atoms in total. The van der Waals surface area contributed by atoms with Crippen LogP contribution < -0.4 is 5.32 Å². The van der Waals surface area contributed by atoms with Crippen LogP contribution in [0.1, 0.15) is 53.1 Å². The number of Topliss-reactive ketones (excluding diaryl/α,β-unsaturated/α-hetero) is 1. The summed E-state index contributed by atoms with van der Waals surface area (Å²) in [6, 6.07) is 0.922. The molecule has 0 bridgehead atoms. The number of thiazole rings is 1. The molecular weight excluding hydrogens is 274 g/mol. The van der Waals surface area contributed by atoms with Crippen molar-refractivity contribution in [3.8, 4) is 0 Å². The Morgan fingerprint density at radius 2 is 2.30 bits per heavy atom. The van der Waals surface area contributed by atoms with Gasteiger partial charge in [-0.3, -0.25) is 14.5 Å². The van der Waals surface area contributed by atoms with Crippen molar-refractivity contribution >= 4 is 23.0 Å². The minimum absolute atomic E-state index is 0.101. The fourth-order valence-corrected chi connectivity index (χ4v) is 3.32. The predicted molar refractivity (Wildman–Crippen MR) is 79.3 cm³/mol. The number of aromatic nitrogens is 1. The Balaban J connectivity index is 1.90. The summed E-state index contributed by atoms with van der Waals surface area (Å²) in [6.45, 7) is 7.59. The lowest BCUT2D eigenvalue weighted by Gasteiger charge is -2.28. The van der Waals surface area contributed by atoms with Crippen molar-refractivity contribution in [2.24, 2.45) is 0 Å². The molecule has 1 aliphatic heterocycles. The van der Waals surface area contributed by atoms with Gasteiger partial charge in [0.2, 0.25) is 0 Å². The van der Waals surface area contributed by atoms with E-state index in [1.54, 1.807) is 0 Å². The Bertz CT molecular complexity index is 498. The lowest BCUT2D eigenvalue weighted by Crippen LogP contribution is -2.43. The number of hydrogen-bond acceptors (Lipinski definition) is 5.